The number of hydrogen-bond donors (Lipinski definition) is 3. The lowest BCUT2D eigenvalue weighted by Gasteiger charge is -2.11. The summed E-state index contributed by atoms with van der Waals surface area (Å²) >= 11 is 1.63. The molecule has 0 aliphatic rings. The van der Waals surface area contributed by atoms with E-state index < -0.39 is 0 Å². The molecule has 2 aromatic rings. The molecule has 0 aliphatic heterocycles. The summed E-state index contributed by atoms with van der Waals surface area (Å²) in [6, 6.07) is 9.89. The van der Waals surface area contributed by atoms with Crippen molar-refractivity contribution in [2.45, 2.75) is 46.2 Å². The van der Waals surface area contributed by atoms with Gasteiger partial charge in [0.15, 0.2) is 5.96 Å². The van der Waals surface area contributed by atoms with E-state index in [2.05, 4.69) is 45.2 Å². The summed E-state index contributed by atoms with van der Waals surface area (Å²) in [6.45, 7) is 8.67. The molecule has 0 radical (unpaired) electrons. The van der Waals surface area contributed by atoms with Gasteiger partial charge in [0.2, 0.25) is 5.91 Å². The standard InChI is InChI=1S/C20H29N5OS.HI/c1-4-21-20(24-13-19-25-17(14-27-19)15(2)3)22-11-10-18(26)23-12-16-8-6-5-7-9-16;/h5-9,14-15H,4,10-13H2,1-3H3,(H,23,26)(H2,21,22,24);1H. The van der Waals surface area contributed by atoms with Gasteiger partial charge in [-0.1, -0.05) is 44.2 Å². The van der Waals surface area contributed by atoms with Crippen LogP contribution in [0.5, 0.6) is 0 Å². The van der Waals surface area contributed by atoms with Crippen LogP contribution >= 0.6 is 35.3 Å². The molecule has 3 N–H and O–H groups in total. The summed E-state index contributed by atoms with van der Waals surface area (Å²) in [7, 11) is 0. The first-order valence-electron chi connectivity index (χ1n) is 9.35. The van der Waals surface area contributed by atoms with E-state index in [1.54, 1.807) is 11.3 Å². The van der Waals surface area contributed by atoms with Crippen LogP contribution in [0, 0.1) is 0 Å². The normalized spacial score (nSPS) is 11.1. The van der Waals surface area contributed by atoms with Gasteiger partial charge in [-0.05, 0) is 18.4 Å². The summed E-state index contributed by atoms with van der Waals surface area (Å²) in [4.78, 5) is 21.1. The van der Waals surface area contributed by atoms with Gasteiger partial charge in [-0.15, -0.1) is 35.3 Å². The molecule has 2 rings (SSSR count). The van der Waals surface area contributed by atoms with Gasteiger partial charge in [-0.2, -0.15) is 0 Å². The van der Waals surface area contributed by atoms with Crippen molar-refractivity contribution in [3.05, 3.63) is 52.0 Å². The lowest BCUT2D eigenvalue weighted by atomic mass is 10.2. The van der Waals surface area contributed by atoms with Gasteiger partial charge in [-0.25, -0.2) is 9.98 Å². The van der Waals surface area contributed by atoms with Crippen molar-refractivity contribution in [2.24, 2.45) is 4.99 Å². The van der Waals surface area contributed by atoms with Gasteiger partial charge in [0.1, 0.15) is 5.01 Å². The van der Waals surface area contributed by atoms with Crippen LogP contribution < -0.4 is 16.0 Å². The van der Waals surface area contributed by atoms with Crippen molar-refractivity contribution in [3.63, 3.8) is 0 Å². The molecule has 0 fully saturated rings. The fourth-order valence-corrected chi connectivity index (χ4v) is 3.21. The Labute approximate surface area is 188 Å². The maximum Gasteiger partial charge on any atom is 0.222 e. The molecule has 0 atom stereocenters. The number of nitrogens with one attached hydrogen (secondary N) is 3. The molecule has 1 amide bonds. The topological polar surface area (TPSA) is 78.4 Å². The summed E-state index contributed by atoms with van der Waals surface area (Å²) < 4.78 is 0. The van der Waals surface area contributed by atoms with Crippen LogP contribution in [0.2, 0.25) is 0 Å². The third kappa shape index (κ3) is 9.01. The number of rotatable bonds is 9. The quantitative estimate of drug-likeness (QED) is 0.271. The second-order valence-corrected chi connectivity index (χ2v) is 7.40. The molecule has 1 aromatic carbocycles. The molecule has 8 heteroatoms. The van der Waals surface area contributed by atoms with Crippen molar-refractivity contribution in [1.29, 1.82) is 0 Å². The molecule has 0 saturated heterocycles. The minimum absolute atomic E-state index is 0. The monoisotopic (exact) mass is 515 g/mol. The Morgan fingerprint density at radius 2 is 1.93 bits per heavy atom. The Bertz CT molecular complexity index is 733. The van der Waals surface area contributed by atoms with Crippen molar-refractivity contribution >= 4 is 47.2 Å². The average molecular weight is 515 g/mol. The molecule has 0 unspecified atom stereocenters. The van der Waals surface area contributed by atoms with E-state index in [4.69, 9.17) is 0 Å². The number of aliphatic imine (C=N–C) groups is 1. The first-order valence-corrected chi connectivity index (χ1v) is 10.2. The third-order valence-corrected chi connectivity index (χ3v) is 4.71. The lowest BCUT2D eigenvalue weighted by Crippen LogP contribution is -2.39. The zero-order valence-electron chi connectivity index (χ0n) is 16.7. The molecule has 1 aromatic heterocycles. The number of nitrogens with zero attached hydrogens (tertiary/aromatic N) is 2. The number of aromatic nitrogens is 1. The summed E-state index contributed by atoms with van der Waals surface area (Å²) in [5, 5.41) is 12.4. The predicted molar refractivity (Wildman–Crippen MR) is 127 cm³/mol. The van der Waals surface area contributed by atoms with Crippen LogP contribution in [-0.4, -0.2) is 29.9 Å². The highest BCUT2D eigenvalue weighted by atomic mass is 127. The van der Waals surface area contributed by atoms with Crippen molar-refractivity contribution in [3.8, 4) is 0 Å². The van der Waals surface area contributed by atoms with E-state index in [-0.39, 0.29) is 29.9 Å². The molecule has 0 bridgehead atoms. The summed E-state index contributed by atoms with van der Waals surface area (Å²) in [5.74, 6) is 1.15. The molecular weight excluding hydrogens is 485 g/mol. The van der Waals surface area contributed by atoms with Crippen LogP contribution in [-0.2, 0) is 17.9 Å². The van der Waals surface area contributed by atoms with Crippen molar-refractivity contribution < 1.29 is 4.79 Å². The van der Waals surface area contributed by atoms with Gasteiger partial charge in [-0.3, -0.25) is 4.79 Å². The predicted octanol–water partition coefficient (Wildman–Crippen LogP) is 3.65. The van der Waals surface area contributed by atoms with Crippen LogP contribution in [0.1, 0.15) is 49.4 Å². The Hall–Kier alpha value is -1.68. The smallest absolute Gasteiger partial charge is 0.222 e. The highest BCUT2D eigenvalue weighted by Gasteiger charge is 2.06. The van der Waals surface area contributed by atoms with Gasteiger partial charge in [0.25, 0.3) is 0 Å². The fraction of sp³-hybridized carbons (Fsp3) is 0.450. The van der Waals surface area contributed by atoms with Crippen LogP contribution in [0.25, 0.3) is 0 Å². The van der Waals surface area contributed by atoms with Crippen molar-refractivity contribution in [1.82, 2.24) is 20.9 Å². The molecule has 0 saturated carbocycles. The van der Waals surface area contributed by atoms with Gasteiger partial charge in [0.05, 0.1) is 12.2 Å². The van der Waals surface area contributed by atoms with Gasteiger partial charge >= 0.3 is 0 Å². The molecule has 0 aliphatic carbocycles. The summed E-state index contributed by atoms with van der Waals surface area (Å²) in [6.07, 6.45) is 0.395. The molecular formula is C20H30IN5OS. The van der Waals surface area contributed by atoms with Crippen LogP contribution in [0.4, 0.5) is 0 Å². The number of carbonyl (C=O) groups is 1. The number of carbonyl (C=O) groups excluding carboxylic acids is 1. The number of thiazole rings is 1. The van der Waals surface area contributed by atoms with E-state index in [1.807, 2.05) is 37.3 Å². The number of hydrogen-bond acceptors (Lipinski definition) is 4. The number of benzene rings is 1. The minimum Gasteiger partial charge on any atom is -0.357 e. The summed E-state index contributed by atoms with van der Waals surface area (Å²) in [5.41, 5.74) is 2.20. The highest BCUT2D eigenvalue weighted by Crippen LogP contribution is 2.18. The van der Waals surface area contributed by atoms with Crippen LogP contribution in [0.3, 0.4) is 0 Å². The molecule has 0 spiro atoms. The SMILES string of the molecule is CCNC(=NCc1nc(C(C)C)cs1)NCCC(=O)NCc1ccccc1.I. The molecule has 28 heavy (non-hydrogen) atoms. The second kappa shape index (κ2) is 13.5. The van der Waals surface area contributed by atoms with E-state index in [0.717, 1.165) is 22.8 Å². The van der Waals surface area contributed by atoms with E-state index in [1.165, 1.54) is 0 Å². The number of amides is 1. The fourth-order valence-electron chi connectivity index (χ4n) is 2.33. The molecule has 154 valence electrons. The Morgan fingerprint density at radius 3 is 2.57 bits per heavy atom. The highest BCUT2D eigenvalue weighted by molar-refractivity contribution is 14.0. The lowest BCUT2D eigenvalue weighted by molar-refractivity contribution is -0.121. The van der Waals surface area contributed by atoms with Crippen molar-refractivity contribution in [2.75, 3.05) is 13.1 Å². The second-order valence-electron chi connectivity index (χ2n) is 6.46. The third-order valence-electron chi connectivity index (χ3n) is 3.85. The zero-order valence-corrected chi connectivity index (χ0v) is 19.8. The molecule has 1 heterocycles. The Kier molecular flexibility index (Phi) is 11.7. The van der Waals surface area contributed by atoms with E-state index in [9.17, 15) is 4.79 Å². The first-order chi connectivity index (χ1) is 13.1. The van der Waals surface area contributed by atoms with Gasteiger partial charge in [0, 0.05) is 31.4 Å². The number of halogens is 1. The van der Waals surface area contributed by atoms with E-state index in [0.29, 0.717) is 37.9 Å². The largest absolute Gasteiger partial charge is 0.357 e. The van der Waals surface area contributed by atoms with Gasteiger partial charge < -0.3 is 16.0 Å². The molecule has 6 nitrogen and oxygen atoms in total. The first kappa shape index (κ1) is 24.4. The zero-order chi connectivity index (χ0) is 19.5. The van der Waals surface area contributed by atoms with Crippen LogP contribution in [0.15, 0.2) is 40.7 Å². The maximum absolute atomic E-state index is 12.0. The minimum atomic E-state index is 0. The Morgan fingerprint density at radius 1 is 1.18 bits per heavy atom. The maximum atomic E-state index is 12.0. The number of guanidine groups is 1. The average Bonchev–Trinajstić information content (AvgIpc) is 3.15. The van der Waals surface area contributed by atoms with E-state index >= 15 is 0 Å². The Balaban J connectivity index is 0.00000392.